The van der Waals surface area contributed by atoms with Gasteiger partial charge < -0.3 is 5.73 Å². The van der Waals surface area contributed by atoms with Crippen molar-refractivity contribution < 1.29 is 9.59 Å². The van der Waals surface area contributed by atoms with Crippen LogP contribution < -0.4 is 10.6 Å². The fourth-order valence-corrected chi connectivity index (χ4v) is 1.64. The molecule has 2 rings (SSSR count). The van der Waals surface area contributed by atoms with E-state index in [2.05, 4.69) is 0 Å². The number of imide groups is 1. The van der Waals surface area contributed by atoms with Gasteiger partial charge in [-0.3, -0.25) is 9.59 Å². The fraction of sp³-hybridized carbons (Fsp3) is 0.200. The first-order valence-corrected chi connectivity index (χ1v) is 4.85. The number of anilines is 1. The highest BCUT2D eigenvalue weighted by atomic mass is 35.5. The van der Waals surface area contributed by atoms with Gasteiger partial charge in [-0.2, -0.15) is 0 Å². The maximum atomic E-state index is 11.5. The lowest BCUT2D eigenvalue weighted by Crippen LogP contribution is -2.35. The van der Waals surface area contributed by atoms with Crippen LogP contribution in [0.5, 0.6) is 0 Å². The average molecular weight is 225 g/mol. The summed E-state index contributed by atoms with van der Waals surface area (Å²) in [7, 11) is 0. The van der Waals surface area contributed by atoms with Gasteiger partial charge in [0, 0.05) is 5.02 Å². The predicted molar refractivity (Wildman–Crippen MR) is 56.5 cm³/mol. The Morgan fingerprint density at radius 1 is 1.27 bits per heavy atom. The molecule has 15 heavy (non-hydrogen) atoms. The normalized spacial score (nSPS) is 21.2. The summed E-state index contributed by atoms with van der Waals surface area (Å²) in [5, 5.41) is 0.558. The Labute approximate surface area is 91.6 Å². The molecule has 1 fully saturated rings. The zero-order valence-corrected chi connectivity index (χ0v) is 8.57. The predicted octanol–water partition coefficient (Wildman–Crippen LogP) is 0.931. The molecule has 2 N–H and O–H groups in total. The highest BCUT2D eigenvalue weighted by molar-refractivity contribution is 6.30. The standard InChI is InChI=1S/C10H9ClN2O2/c11-6-1-3-7(4-2-6)13-9(14)5-8(12)10(13)15/h1-4,8H,5,12H2/t8-/m0/s1. The minimum Gasteiger partial charge on any atom is -0.319 e. The molecule has 0 radical (unpaired) electrons. The number of hydrogen-bond acceptors (Lipinski definition) is 3. The first-order valence-electron chi connectivity index (χ1n) is 4.47. The Bertz CT molecular complexity index is 416. The third-order valence-electron chi connectivity index (χ3n) is 2.27. The molecule has 5 heteroatoms. The second-order valence-electron chi connectivity index (χ2n) is 3.35. The minimum absolute atomic E-state index is 0.0709. The van der Waals surface area contributed by atoms with E-state index in [9.17, 15) is 9.59 Å². The molecular formula is C10H9ClN2O2. The Balaban J connectivity index is 2.35. The van der Waals surface area contributed by atoms with E-state index in [1.165, 1.54) is 0 Å². The van der Waals surface area contributed by atoms with Gasteiger partial charge >= 0.3 is 0 Å². The first kappa shape index (κ1) is 10.1. The molecule has 1 saturated heterocycles. The Morgan fingerprint density at radius 3 is 2.33 bits per heavy atom. The van der Waals surface area contributed by atoms with Crippen molar-refractivity contribution in [1.82, 2.24) is 0 Å². The number of halogens is 1. The molecule has 0 saturated carbocycles. The van der Waals surface area contributed by atoms with Gasteiger partial charge in [-0.1, -0.05) is 11.6 Å². The van der Waals surface area contributed by atoms with Crippen LogP contribution in [0.15, 0.2) is 24.3 Å². The van der Waals surface area contributed by atoms with Crippen molar-refractivity contribution in [1.29, 1.82) is 0 Å². The number of amides is 2. The van der Waals surface area contributed by atoms with Crippen molar-refractivity contribution in [2.75, 3.05) is 4.90 Å². The van der Waals surface area contributed by atoms with Crippen LogP contribution in [0.1, 0.15) is 6.42 Å². The highest BCUT2D eigenvalue weighted by Gasteiger charge is 2.36. The molecule has 2 amide bonds. The number of hydrogen-bond donors (Lipinski definition) is 1. The molecule has 0 aromatic heterocycles. The van der Waals surface area contributed by atoms with E-state index in [4.69, 9.17) is 17.3 Å². The van der Waals surface area contributed by atoms with Crippen LogP contribution in [0.2, 0.25) is 5.02 Å². The maximum absolute atomic E-state index is 11.5. The van der Waals surface area contributed by atoms with Gasteiger partial charge in [-0.15, -0.1) is 0 Å². The number of nitrogens with two attached hydrogens (primary N) is 1. The van der Waals surface area contributed by atoms with E-state index in [-0.39, 0.29) is 18.2 Å². The molecule has 1 aliphatic heterocycles. The average Bonchev–Trinajstić information content (AvgIpc) is 2.44. The van der Waals surface area contributed by atoms with E-state index in [1.807, 2.05) is 0 Å². The van der Waals surface area contributed by atoms with Crippen molar-refractivity contribution in [3.05, 3.63) is 29.3 Å². The summed E-state index contributed by atoms with van der Waals surface area (Å²) in [6, 6.07) is 5.78. The number of carbonyl (C=O) groups excluding carboxylic acids is 2. The topological polar surface area (TPSA) is 63.4 Å². The Morgan fingerprint density at radius 2 is 1.87 bits per heavy atom. The molecule has 0 unspecified atom stereocenters. The van der Waals surface area contributed by atoms with Crippen LogP contribution in [0.3, 0.4) is 0 Å². The lowest BCUT2D eigenvalue weighted by Gasteiger charge is -2.13. The quantitative estimate of drug-likeness (QED) is 0.722. The molecule has 78 valence electrons. The summed E-state index contributed by atoms with van der Waals surface area (Å²) < 4.78 is 0. The van der Waals surface area contributed by atoms with Crippen molar-refractivity contribution in [3.8, 4) is 0 Å². The molecular weight excluding hydrogens is 216 g/mol. The summed E-state index contributed by atoms with van der Waals surface area (Å²) in [6.45, 7) is 0. The second-order valence-corrected chi connectivity index (χ2v) is 3.79. The molecule has 0 spiro atoms. The van der Waals surface area contributed by atoms with Crippen LogP contribution >= 0.6 is 11.6 Å². The zero-order valence-electron chi connectivity index (χ0n) is 7.81. The highest BCUT2D eigenvalue weighted by Crippen LogP contribution is 2.23. The SMILES string of the molecule is N[C@H]1CC(=O)N(c2ccc(Cl)cc2)C1=O. The zero-order chi connectivity index (χ0) is 11.0. The van der Waals surface area contributed by atoms with Crippen molar-refractivity contribution >= 4 is 29.1 Å². The van der Waals surface area contributed by atoms with Gasteiger partial charge in [0.25, 0.3) is 5.91 Å². The smallest absolute Gasteiger partial charge is 0.251 e. The van der Waals surface area contributed by atoms with Gasteiger partial charge in [-0.05, 0) is 24.3 Å². The van der Waals surface area contributed by atoms with Crippen LogP contribution in [-0.4, -0.2) is 17.9 Å². The van der Waals surface area contributed by atoms with E-state index in [0.717, 1.165) is 4.90 Å². The van der Waals surface area contributed by atoms with Crippen molar-refractivity contribution in [2.24, 2.45) is 5.73 Å². The van der Waals surface area contributed by atoms with Crippen LogP contribution in [0.4, 0.5) is 5.69 Å². The van der Waals surface area contributed by atoms with Gasteiger partial charge in [0.15, 0.2) is 0 Å². The monoisotopic (exact) mass is 224 g/mol. The van der Waals surface area contributed by atoms with Crippen molar-refractivity contribution in [3.63, 3.8) is 0 Å². The Hall–Kier alpha value is -1.39. The molecule has 0 aliphatic carbocycles. The summed E-state index contributed by atoms with van der Waals surface area (Å²) >= 11 is 5.71. The summed E-state index contributed by atoms with van der Waals surface area (Å²) in [4.78, 5) is 24.1. The van der Waals surface area contributed by atoms with Gasteiger partial charge in [0.05, 0.1) is 18.2 Å². The second kappa shape index (κ2) is 3.64. The molecule has 1 atom stereocenters. The lowest BCUT2D eigenvalue weighted by atomic mass is 10.3. The van der Waals surface area contributed by atoms with Crippen LogP contribution in [-0.2, 0) is 9.59 Å². The fourth-order valence-electron chi connectivity index (χ4n) is 1.52. The van der Waals surface area contributed by atoms with E-state index in [0.29, 0.717) is 10.7 Å². The van der Waals surface area contributed by atoms with Crippen LogP contribution in [0.25, 0.3) is 0 Å². The molecule has 1 heterocycles. The van der Waals surface area contributed by atoms with Crippen molar-refractivity contribution in [2.45, 2.75) is 12.5 Å². The minimum atomic E-state index is -0.715. The lowest BCUT2D eigenvalue weighted by molar-refractivity contribution is -0.121. The number of rotatable bonds is 1. The van der Waals surface area contributed by atoms with Gasteiger partial charge in [-0.25, -0.2) is 4.90 Å². The summed E-state index contributed by atoms with van der Waals surface area (Å²) in [5.41, 5.74) is 6.00. The number of carbonyl (C=O) groups is 2. The molecule has 1 aromatic rings. The summed E-state index contributed by atoms with van der Waals surface area (Å²) in [6.07, 6.45) is 0.0709. The van der Waals surface area contributed by atoms with Gasteiger partial charge in [0.2, 0.25) is 5.91 Å². The molecule has 1 aromatic carbocycles. The first-order chi connectivity index (χ1) is 7.09. The Kier molecular flexibility index (Phi) is 2.46. The third kappa shape index (κ3) is 1.73. The molecule has 0 bridgehead atoms. The largest absolute Gasteiger partial charge is 0.319 e. The number of nitrogens with zero attached hydrogens (tertiary/aromatic N) is 1. The molecule has 4 nitrogen and oxygen atoms in total. The van der Waals surface area contributed by atoms with E-state index < -0.39 is 6.04 Å². The maximum Gasteiger partial charge on any atom is 0.251 e. The van der Waals surface area contributed by atoms with Crippen LogP contribution in [0, 0.1) is 0 Å². The number of benzene rings is 1. The summed E-state index contributed by atoms with van der Waals surface area (Å²) in [5.74, 6) is -0.628. The van der Waals surface area contributed by atoms with E-state index in [1.54, 1.807) is 24.3 Å². The third-order valence-corrected chi connectivity index (χ3v) is 2.52. The van der Waals surface area contributed by atoms with Gasteiger partial charge in [0.1, 0.15) is 0 Å². The van der Waals surface area contributed by atoms with E-state index >= 15 is 0 Å². The molecule has 1 aliphatic rings.